The van der Waals surface area contributed by atoms with Crippen molar-refractivity contribution in [3.63, 3.8) is 0 Å². The van der Waals surface area contributed by atoms with Crippen LogP contribution in [0.3, 0.4) is 0 Å². The Morgan fingerprint density at radius 2 is 2.29 bits per heavy atom. The Kier molecular flexibility index (Phi) is 4.35. The quantitative estimate of drug-likeness (QED) is 0.815. The lowest BCUT2D eigenvalue weighted by atomic mass is 9.98. The predicted molar refractivity (Wildman–Crippen MR) is 72.5 cm³/mol. The maximum Gasteiger partial charge on any atom is 0.137 e. The molecule has 1 aliphatic rings. The summed E-state index contributed by atoms with van der Waals surface area (Å²) in [6, 6.07) is 5.56. The number of hydrogen-bond acceptors (Lipinski definition) is 1. The Hall–Kier alpha value is -0.670. The van der Waals surface area contributed by atoms with Gasteiger partial charge in [-0.2, -0.15) is 0 Å². The number of hydrogen-bond donors (Lipinski definition) is 1. The molecule has 1 aromatic rings. The predicted octanol–water partition coefficient (Wildman–Crippen LogP) is 4.35. The van der Waals surface area contributed by atoms with Crippen molar-refractivity contribution in [3.8, 4) is 0 Å². The lowest BCUT2D eigenvalue weighted by Gasteiger charge is -2.20. The molecule has 1 unspecified atom stereocenters. The van der Waals surface area contributed by atoms with Gasteiger partial charge in [-0.05, 0) is 59.4 Å². The van der Waals surface area contributed by atoms with Gasteiger partial charge in [0, 0.05) is 0 Å². The summed E-state index contributed by atoms with van der Waals surface area (Å²) in [4.78, 5) is 0. The summed E-state index contributed by atoms with van der Waals surface area (Å²) in [5, 5.41) is 3.44. The maximum absolute atomic E-state index is 13.6. The van der Waals surface area contributed by atoms with Gasteiger partial charge >= 0.3 is 0 Å². The van der Waals surface area contributed by atoms with Gasteiger partial charge in [0.2, 0.25) is 0 Å². The average molecular weight is 298 g/mol. The first-order valence-electron chi connectivity index (χ1n) is 6.09. The highest BCUT2D eigenvalue weighted by molar-refractivity contribution is 9.10. The van der Waals surface area contributed by atoms with E-state index in [9.17, 15) is 4.39 Å². The van der Waals surface area contributed by atoms with Crippen LogP contribution in [-0.4, -0.2) is 6.54 Å². The summed E-state index contributed by atoms with van der Waals surface area (Å²) in [7, 11) is 0. The third-order valence-electron chi connectivity index (χ3n) is 3.13. The molecule has 0 bridgehead atoms. The van der Waals surface area contributed by atoms with Gasteiger partial charge in [-0.1, -0.05) is 24.6 Å². The van der Waals surface area contributed by atoms with E-state index in [1.54, 1.807) is 12.1 Å². The molecule has 0 fully saturated rings. The molecule has 0 spiro atoms. The van der Waals surface area contributed by atoms with Gasteiger partial charge in [0.25, 0.3) is 0 Å². The van der Waals surface area contributed by atoms with Crippen LogP contribution >= 0.6 is 15.9 Å². The minimum atomic E-state index is -0.191. The molecule has 92 valence electrons. The summed E-state index contributed by atoms with van der Waals surface area (Å²) in [6.07, 6.45) is 5.77. The van der Waals surface area contributed by atoms with Gasteiger partial charge in [0.05, 0.1) is 10.5 Å². The first-order chi connectivity index (χ1) is 8.22. The minimum Gasteiger partial charge on any atom is -0.307 e. The fourth-order valence-corrected chi connectivity index (χ4v) is 2.56. The van der Waals surface area contributed by atoms with E-state index in [-0.39, 0.29) is 11.9 Å². The zero-order valence-corrected chi connectivity index (χ0v) is 11.6. The van der Waals surface area contributed by atoms with E-state index in [1.165, 1.54) is 12.0 Å². The van der Waals surface area contributed by atoms with Gasteiger partial charge in [-0.25, -0.2) is 4.39 Å². The second-order valence-electron chi connectivity index (χ2n) is 4.34. The Morgan fingerprint density at radius 3 is 2.88 bits per heavy atom. The van der Waals surface area contributed by atoms with Crippen LogP contribution < -0.4 is 5.32 Å². The van der Waals surface area contributed by atoms with Crippen LogP contribution in [0.1, 0.15) is 37.8 Å². The largest absolute Gasteiger partial charge is 0.307 e. The highest BCUT2D eigenvalue weighted by atomic mass is 79.9. The number of nitrogens with one attached hydrogen (secondary N) is 1. The van der Waals surface area contributed by atoms with Crippen LogP contribution in [0.25, 0.3) is 0 Å². The lowest BCUT2D eigenvalue weighted by Crippen LogP contribution is -2.22. The maximum atomic E-state index is 13.6. The summed E-state index contributed by atoms with van der Waals surface area (Å²) in [5.74, 6) is -0.191. The van der Waals surface area contributed by atoms with Gasteiger partial charge < -0.3 is 5.32 Å². The van der Waals surface area contributed by atoms with Crippen molar-refractivity contribution in [1.29, 1.82) is 0 Å². The van der Waals surface area contributed by atoms with E-state index in [1.807, 2.05) is 6.07 Å². The molecule has 3 heteroatoms. The number of halogens is 2. The molecule has 1 N–H and O–H groups in total. The zero-order chi connectivity index (χ0) is 12.3. The molecule has 17 heavy (non-hydrogen) atoms. The van der Waals surface area contributed by atoms with Crippen molar-refractivity contribution in [3.05, 3.63) is 45.7 Å². The van der Waals surface area contributed by atoms with Crippen LogP contribution in [0.5, 0.6) is 0 Å². The molecule has 1 atom stereocenters. The number of allylic oxidation sites excluding steroid dienone is 1. The number of likely N-dealkylation sites (N-methyl/N-ethyl adjacent to an activating group) is 1. The van der Waals surface area contributed by atoms with Crippen molar-refractivity contribution in [2.24, 2.45) is 0 Å². The molecule has 1 aromatic carbocycles. The second kappa shape index (κ2) is 5.78. The van der Waals surface area contributed by atoms with Crippen molar-refractivity contribution >= 4 is 15.9 Å². The summed E-state index contributed by atoms with van der Waals surface area (Å²) in [6.45, 7) is 2.97. The molecule has 0 saturated heterocycles. The van der Waals surface area contributed by atoms with Crippen LogP contribution in [0.4, 0.5) is 4.39 Å². The highest BCUT2D eigenvalue weighted by Crippen LogP contribution is 2.31. The normalized spacial score (nSPS) is 17.0. The summed E-state index contributed by atoms with van der Waals surface area (Å²) in [5.41, 5.74) is 2.41. The molecule has 0 heterocycles. The molecular weight excluding hydrogens is 281 g/mol. The van der Waals surface area contributed by atoms with Crippen molar-refractivity contribution in [2.45, 2.75) is 32.2 Å². The summed E-state index contributed by atoms with van der Waals surface area (Å²) < 4.78 is 14.1. The Morgan fingerprint density at radius 1 is 1.47 bits per heavy atom. The van der Waals surface area contributed by atoms with Crippen LogP contribution in [0.15, 0.2) is 34.3 Å². The molecule has 0 saturated carbocycles. The van der Waals surface area contributed by atoms with E-state index in [0.717, 1.165) is 24.9 Å². The van der Waals surface area contributed by atoms with Gasteiger partial charge in [-0.3, -0.25) is 0 Å². The fourth-order valence-electron chi connectivity index (χ4n) is 2.32. The van der Waals surface area contributed by atoms with E-state index in [2.05, 4.69) is 34.2 Å². The molecule has 1 nitrogen and oxygen atoms in total. The summed E-state index contributed by atoms with van der Waals surface area (Å²) >= 11 is 3.19. The van der Waals surface area contributed by atoms with E-state index in [0.29, 0.717) is 4.47 Å². The molecule has 0 aliphatic heterocycles. The molecule has 2 rings (SSSR count). The standard InChI is InChI=1S/C14H17BrFN/c1-2-17-14(10-5-3-4-6-10)11-7-8-12(15)13(16)9-11/h5,7-9,14,17H,2-4,6H2,1H3. The zero-order valence-electron chi connectivity index (χ0n) is 9.97. The Bertz CT molecular complexity index is 428. The molecule has 0 aromatic heterocycles. The monoisotopic (exact) mass is 297 g/mol. The van der Waals surface area contributed by atoms with Crippen LogP contribution in [0, 0.1) is 5.82 Å². The van der Waals surface area contributed by atoms with Crippen molar-refractivity contribution in [1.82, 2.24) is 5.32 Å². The first-order valence-corrected chi connectivity index (χ1v) is 6.89. The average Bonchev–Trinajstić information content (AvgIpc) is 2.83. The van der Waals surface area contributed by atoms with Crippen LogP contribution in [-0.2, 0) is 0 Å². The van der Waals surface area contributed by atoms with Crippen molar-refractivity contribution in [2.75, 3.05) is 6.54 Å². The number of benzene rings is 1. The molecule has 0 radical (unpaired) electrons. The van der Waals surface area contributed by atoms with Gasteiger partial charge in [0.1, 0.15) is 5.82 Å². The van der Waals surface area contributed by atoms with Crippen molar-refractivity contribution < 1.29 is 4.39 Å². The fraction of sp³-hybridized carbons (Fsp3) is 0.429. The second-order valence-corrected chi connectivity index (χ2v) is 5.19. The van der Waals surface area contributed by atoms with E-state index >= 15 is 0 Å². The Labute approximate surface area is 110 Å². The number of rotatable bonds is 4. The van der Waals surface area contributed by atoms with Crippen LogP contribution in [0.2, 0.25) is 0 Å². The SMILES string of the molecule is CCNC(C1=CCCC1)c1ccc(Br)c(F)c1. The lowest BCUT2D eigenvalue weighted by molar-refractivity contribution is 0.586. The minimum absolute atomic E-state index is 0.171. The Balaban J connectivity index is 2.28. The van der Waals surface area contributed by atoms with Gasteiger partial charge in [0.15, 0.2) is 0 Å². The smallest absolute Gasteiger partial charge is 0.137 e. The van der Waals surface area contributed by atoms with E-state index < -0.39 is 0 Å². The topological polar surface area (TPSA) is 12.0 Å². The third kappa shape index (κ3) is 2.96. The molecular formula is C14H17BrFN. The molecule has 0 amide bonds. The van der Waals surface area contributed by atoms with Gasteiger partial charge in [-0.15, -0.1) is 0 Å². The molecule has 1 aliphatic carbocycles. The first kappa shape index (κ1) is 12.8. The highest BCUT2D eigenvalue weighted by Gasteiger charge is 2.18. The van der Waals surface area contributed by atoms with E-state index in [4.69, 9.17) is 0 Å². The third-order valence-corrected chi connectivity index (χ3v) is 3.78.